The highest BCUT2D eigenvalue weighted by Crippen LogP contribution is 2.09. The van der Waals surface area contributed by atoms with E-state index in [1.165, 1.54) is 11.7 Å². The lowest BCUT2D eigenvalue weighted by atomic mass is 10.2. The van der Waals surface area contributed by atoms with Gasteiger partial charge in [0.1, 0.15) is 0 Å². The largest absolute Gasteiger partial charge is 0.382 e. The molecule has 1 aromatic rings. The van der Waals surface area contributed by atoms with Crippen molar-refractivity contribution in [3.63, 3.8) is 0 Å². The molecule has 2 heteroatoms. The molecule has 0 fully saturated rings. The van der Waals surface area contributed by atoms with Crippen LogP contribution in [-0.4, -0.2) is 14.8 Å². The summed E-state index contributed by atoms with van der Waals surface area (Å²) in [7, 11) is -0.0979. The SMILES string of the molecule is CC(CC=CC[Si](C)C)Nc1ccccc1. The maximum absolute atomic E-state index is 3.49. The minimum atomic E-state index is -0.0979. The van der Waals surface area contributed by atoms with Crippen LogP contribution in [0, 0.1) is 0 Å². The second-order valence-corrected chi connectivity index (χ2v) is 7.35. The molecule has 1 nitrogen and oxygen atoms in total. The van der Waals surface area contributed by atoms with Crippen molar-refractivity contribution in [3.8, 4) is 0 Å². The van der Waals surface area contributed by atoms with Crippen molar-refractivity contribution in [2.45, 2.75) is 38.5 Å². The zero-order valence-corrected chi connectivity index (χ0v) is 11.5. The van der Waals surface area contributed by atoms with E-state index in [1.807, 2.05) is 6.07 Å². The Kier molecular flexibility index (Phi) is 5.94. The molecule has 1 N–H and O–H groups in total. The predicted molar refractivity (Wildman–Crippen MR) is 75.6 cm³/mol. The second kappa shape index (κ2) is 7.28. The molecule has 0 amide bonds. The number of para-hydroxylation sites is 1. The van der Waals surface area contributed by atoms with Crippen molar-refractivity contribution in [2.24, 2.45) is 0 Å². The Morgan fingerprint density at radius 3 is 2.50 bits per heavy atom. The standard InChI is InChI=1S/C14H22NSi/c1-13(9-7-8-12-16(2)3)15-14-10-5-4-6-11-14/h4-8,10-11,13,15H,9,12H2,1-3H3. The van der Waals surface area contributed by atoms with Gasteiger partial charge in [-0.3, -0.25) is 0 Å². The maximum atomic E-state index is 3.49. The first-order valence-corrected chi connectivity index (χ1v) is 8.65. The van der Waals surface area contributed by atoms with Crippen molar-refractivity contribution in [1.82, 2.24) is 0 Å². The molecule has 16 heavy (non-hydrogen) atoms. The summed E-state index contributed by atoms with van der Waals surface area (Å²) in [5, 5.41) is 3.49. The number of nitrogens with one attached hydrogen (secondary N) is 1. The number of rotatable bonds is 6. The lowest BCUT2D eigenvalue weighted by Crippen LogP contribution is -2.13. The molecule has 1 rings (SSSR count). The fourth-order valence-electron chi connectivity index (χ4n) is 1.50. The normalized spacial score (nSPS) is 13.2. The Morgan fingerprint density at radius 1 is 1.19 bits per heavy atom. The highest BCUT2D eigenvalue weighted by Gasteiger charge is 1.98. The van der Waals surface area contributed by atoms with Crippen molar-refractivity contribution >= 4 is 14.5 Å². The van der Waals surface area contributed by atoms with Crippen LogP contribution in [0.1, 0.15) is 13.3 Å². The van der Waals surface area contributed by atoms with E-state index < -0.39 is 0 Å². The van der Waals surface area contributed by atoms with Gasteiger partial charge >= 0.3 is 0 Å². The number of anilines is 1. The molecule has 1 atom stereocenters. The van der Waals surface area contributed by atoms with Crippen molar-refractivity contribution in [2.75, 3.05) is 5.32 Å². The smallest absolute Gasteiger partial charge is 0.0452 e. The van der Waals surface area contributed by atoms with Gasteiger partial charge in [-0.25, -0.2) is 0 Å². The third-order valence-corrected chi connectivity index (χ3v) is 3.42. The molecule has 0 aliphatic heterocycles. The Balaban J connectivity index is 2.26. The Labute approximate surface area is 101 Å². The molecule has 0 aliphatic carbocycles. The zero-order chi connectivity index (χ0) is 11.8. The van der Waals surface area contributed by atoms with Gasteiger partial charge < -0.3 is 5.32 Å². The van der Waals surface area contributed by atoms with Crippen LogP contribution in [0.25, 0.3) is 0 Å². The van der Waals surface area contributed by atoms with Gasteiger partial charge in [0.25, 0.3) is 0 Å². The molecule has 0 saturated carbocycles. The monoisotopic (exact) mass is 232 g/mol. The van der Waals surface area contributed by atoms with Crippen LogP contribution in [0.5, 0.6) is 0 Å². The van der Waals surface area contributed by atoms with Gasteiger partial charge in [0.2, 0.25) is 0 Å². The minimum absolute atomic E-state index is 0.0979. The maximum Gasteiger partial charge on any atom is 0.0452 e. The Morgan fingerprint density at radius 2 is 1.88 bits per heavy atom. The van der Waals surface area contributed by atoms with Crippen LogP contribution in [-0.2, 0) is 0 Å². The van der Waals surface area contributed by atoms with Crippen molar-refractivity contribution < 1.29 is 0 Å². The summed E-state index contributed by atoms with van der Waals surface area (Å²) in [6.07, 6.45) is 5.74. The lowest BCUT2D eigenvalue weighted by molar-refractivity contribution is 0.812. The van der Waals surface area contributed by atoms with Gasteiger partial charge in [0, 0.05) is 20.5 Å². The molecule has 1 unspecified atom stereocenters. The van der Waals surface area contributed by atoms with Crippen LogP contribution in [0.2, 0.25) is 19.1 Å². The third-order valence-electron chi connectivity index (χ3n) is 2.37. The summed E-state index contributed by atoms with van der Waals surface area (Å²) in [4.78, 5) is 0. The quantitative estimate of drug-likeness (QED) is 0.573. The molecule has 0 heterocycles. The molecule has 1 radical (unpaired) electrons. The van der Waals surface area contributed by atoms with Crippen LogP contribution in [0.4, 0.5) is 5.69 Å². The summed E-state index contributed by atoms with van der Waals surface area (Å²) in [6.45, 7) is 6.92. The van der Waals surface area contributed by atoms with Crippen molar-refractivity contribution in [3.05, 3.63) is 42.5 Å². The third kappa shape index (κ3) is 5.76. The summed E-state index contributed by atoms with van der Waals surface area (Å²) in [5.41, 5.74) is 1.21. The number of allylic oxidation sites excluding steroid dienone is 1. The van der Waals surface area contributed by atoms with E-state index in [0.29, 0.717) is 6.04 Å². The van der Waals surface area contributed by atoms with E-state index in [2.05, 4.69) is 61.8 Å². The van der Waals surface area contributed by atoms with Gasteiger partial charge in [0.15, 0.2) is 0 Å². The molecule has 0 aromatic heterocycles. The van der Waals surface area contributed by atoms with E-state index >= 15 is 0 Å². The summed E-state index contributed by atoms with van der Waals surface area (Å²) >= 11 is 0. The fourth-order valence-corrected chi connectivity index (χ4v) is 2.14. The van der Waals surface area contributed by atoms with E-state index in [0.717, 1.165) is 6.42 Å². The van der Waals surface area contributed by atoms with Crippen LogP contribution in [0.15, 0.2) is 42.5 Å². The van der Waals surface area contributed by atoms with Gasteiger partial charge in [-0.15, -0.1) is 0 Å². The van der Waals surface area contributed by atoms with E-state index in [9.17, 15) is 0 Å². The minimum Gasteiger partial charge on any atom is -0.382 e. The fraction of sp³-hybridized carbons (Fsp3) is 0.429. The first-order chi connectivity index (χ1) is 7.68. The molecule has 0 bridgehead atoms. The molecule has 1 aromatic carbocycles. The zero-order valence-electron chi connectivity index (χ0n) is 10.5. The Bertz CT molecular complexity index is 306. The number of hydrogen-bond acceptors (Lipinski definition) is 1. The van der Waals surface area contributed by atoms with Crippen molar-refractivity contribution in [1.29, 1.82) is 0 Å². The highest BCUT2D eigenvalue weighted by molar-refractivity contribution is 6.56. The molecule has 0 aliphatic rings. The van der Waals surface area contributed by atoms with Crippen LogP contribution < -0.4 is 5.32 Å². The number of benzene rings is 1. The van der Waals surface area contributed by atoms with E-state index in [4.69, 9.17) is 0 Å². The van der Waals surface area contributed by atoms with Gasteiger partial charge in [-0.05, 0) is 31.5 Å². The van der Waals surface area contributed by atoms with Gasteiger partial charge in [-0.2, -0.15) is 0 Å². The lowest BCUT2D eigenvalue weighted by Gasteiger charge is -2.12. The van der Waals surface area contributed by atoms with E-state index in [1.54, 1.807) is 0 Å². The first-order valence-electron chi connectivity index (χ1n) is 5.94. The molecular formula is C14H22NSi. The topological polar surface area (TPSA) is 12.0 Å². The molecule has 0 spiro atoms. The predicted octanol–water partition coefficient (Wildman–Crippen LogP) is 4.19. The van der Waals surface area contributed by atoms with Gasteiger partial charge in [0.05, 0.1) is 0 Å². The molecule has 0 saturated heterocycles. The highest BCUT2D eigenvalue weighted by atomic mass is 28.3. The molecular weight excluding hydrogens is 210 g/mol. The molecule has 87 valence electrons. The number of hydrogen-bond donors (Lipinski definition) is 1. The second-order valence-electron chi connectivity index (χ2n) is 4.53. The van der Waals surface area contributed by atoms with Gasteiger partial charge in [-0.1, -0.05) is 43.4 Å². The van der Waals surface area contributed by atoms with E-state index in [-0.39, 0.29) is 8.80 Å². The summed E-state index contributed by atoms with van der Waals surface area (Å²) in [6, 6.07) is 12.2. The summed E-state index contributed by atoms with van der Waals surface area (Å²) in [5.74, 6) is 0. The average molecular weight is 232 g/mol. The van der Waals surface area contributed by atoms with Crippen LogP contribution >= 0.6 is 0 Å². The Hall–Kier alpha value is -1.02. The summed E-state index contributed by atoms with van der Waals surface area (Å²) < 4.78 is 0. The van der Waals surface area contributed by atoms with Crippen LogP contribution in [0.3, 0.4) is 0 Å². The first kappa shape index (κ1) is 13.0. The average Bonchev–Trinajstić information content (AvgIpc) is 2.25.